The summed E-state index contributed by atoms with van der Waals surface area (Å²) in [4.78, 5) is 3.88. The molecule has 1 aromatic carbocycles. The molecule has 0 aliphatic rings. The van der Waals surface area contributed by atoms with Crippen molar-refractivity contribution in [1.82, 2.24) is 9.55 Å². The van der Waals surface area contributed by atoms with Crippen LogP contribution >= 0.6 is 0 Å². The Bertz CT molecular complexity index is 692. The molecule has 0 radical (unpaired) electrons. The van der Waals surface area contributed by atoms with Gasteiger partial charge in [0.15, 0.2) is 5.03 Å². The first-order valence-corrected chi connectivity index (χ1v) is 7.31. The number of hydrogen-bond acceptors (Lipinski definition) is 4. The van der Waals surface area contributed by atoms with E-state index in [1.807, 2.05) is 19.9 Å². The summed E-state index contributed by atoms with van der Waals surface area (Å²) >= 11 is 0. The fraction of sp³-hybridized carbons (Fsp3) is 0.250. The zero-order valence-electron chi connectivity index (χ0n) is 10.8. The SMILES string of the molecule is CCn1cnc(S(=O)(=O)Nc2cc(C)ccc2N)c1. The minimum Gasteiger partial charge on any atom is -0.397 e. The second kappa shape index (κ2) is 4.93. The topological polar surface area (TPSA) is 90.0 Å². The Morgan fingerprint density at radius 2 is 2.16 bits per heavy atom. The number of nitrogens with two attached hydrogens (primary N) is 1. The lowest BCUT2D eigenvalue weighted by Gasteiger charge is -2.09. The highest BCUT2D eigenvalue weighted by Crippen LogP contribution is 2.22. The molecule has 0 fully saturated rings. The molecular weight excluding hydrogens is 264 g/mol. The van der Waals surface area contributed by atoms with E-state index in [4.69, 9.17) is 5.73 Å². The number of aryl methyl sites for hydroxylation is 2. The molecule has 0 unspecified atom stereocenters. The zero-order valence-corrected chi connectivity index (χ0v) is 11.6. The van der Waals surface area contributed by atoms with Gasteiger partial charge in [0.25, 0.3) is 10.0 Å². The molecule has 7 heteroatoms. The molecular formula is C12H16N4O2S. The van der Waals surface area contributed by atoms with E-state index in [0.29, 0.717) is 17.9 Å². The van der Waals surface area contributed by atoms with E-state index < -0.39 is 10.0 Å². The second-order valence-corrected chi connectivity index (χ2v) is 5.87. The average molecular weight is 280 g/mol. The second-order valence-electron chi connectivity index (χ2n) is 4.24. The first-order chi connectivity index (χ1) is 8.92. The third kappa shape index (κ3) is 2.87. The van der Waals surface area contributed by atoms with Crippen LogP contribution < -0.4 is 10.5 Å². The van der Waals surface area contributed by atoms with Gasteiger partial charge in [-0.3, -0.25) is 4.72 Å². The Balaban J connectivity index is 2.33. The summed E-state index contributed by atoms with van der Waals surface area (Å²) in [5, 5.41) is -0.0183. The van der Waals surface area contributed by atoms with Crippen LogP contribution in [0.5, 0.6) is 0 Å². The van der Waals surface area contributed by atoms with Crippen LogP contribution in [-0.4, -0.2) is 18.0 Å². The highest BCUT2D eigenvalue weighted by atomic mass is 32.2. The van der Waals surface area contributed by atoms with Crippen LogP contribution in [0.2, 0.25) is 0 Å². The number of nitrogen functional groups attached to an aromatic ring is 1. The van der Waals surface area contributed by atoms with Crippen molar-refractivity contribution in [1.29, 1.82) is 0 Å². The molecule has 3 N–H and O–H groups in total. The zero-order chi connectivity index (χ0) is 14.0. The van der Waals surface area contributed by atoms with E-state index in [9.17, 15) is 8.42 Å². The van der Waals surface area contributed by atoms with Crippen LogP contribution in [0.15, 0.2) is 35.7 Å². The van der Waals surface area contributed by atoms with Gasteiger partial charge in [-0.05, 0) is 31.5 Å². The van der Waals surface area contributed by atoms with E-state index in [2.05, 4.69) is 9.71 Å². The number of imidazole rings is 1. The first-order valence-electron chi connectivity index (χ1n) is 5.83. The molecule has 102 valence electrons. The fourth-order valence-electron chi connectivity index (χ4n) is 1.61. The highest BCUT2D eigenvalue weighted by Gasteiger charge is 2.18. The fourth-order valence-corrected chi connectivity index (χ4v) is 2.64. The maximum Gasteiger partial charge on any atom is 0.281 e. The Morgan fingerprint density at radius 1 is 1.42 bits per heavy atom. The summed E-state index contributed by atoms with van der Waals surface area (Å²) in [6, 6.07) is 5.17. The highest BCUT2D eigenvalue weighted by molar-refractivity contribution is 7.92. The van der Waals surface area contributed by atoms with Crippen molar-refractivity contribution in [3.05, 3.63) is 36.3 Å². The van der Waals surface area contributed by atoms with Crippen LogP contribution in [0, 0.1) is 6.92 Å². The van der Waals surface area contributed by atoms with E-state index >= 15 is 0 Å². The number of anilines is 2. The van der Waals surface area contributed by atoms with Gasteiger partial charge < -0.3 is 10.3 Å². The quantitative estimate of drug-likeness (QED) is 0.832. The lowest BCUT2D eigenvalue weighted by Crippen LogP contribution is -2.14. The molecule has 0 saturated heterocycles. The number of hydrogen-bond donors (Lipinski definition) is 2. The van der Waals surface area contributed by atoms with Gasteiger partial charge in [0.2, 0.25) is 0 Å². The molecule has 0 amide bonds. The van der Waals surface area contributed by atoms with Crippen LogP contribution in [0.25, 0.3) is 0 Å². The number of rotatable bonds is 4. The van der Waals surface area contributed by atoms with E-state index in [1.165, 1.54) is 12.5 Å². The van der Waals surface area contributed by atoms with Gasteiger partial charge in [-0.2, -0.15) is 8.42 Å². The number of benzene rings is 1. The predicted octanol–water partition coefficient (Wildman–Crippen LogP) is 1.59. The Hall–Kier alpha value is -2.02. The van der Waals surface area contributed by atoms with Gasteiger partial charge in [-0.1, -0.05) is 6.07 Å². The summed E-state index contributed by atoms with van der Waals surface area (Å²) in [5.74, 6) is 0. The number of aromatic nitrogens is 2. The minimum atomic E-state index is -3.70. The largest absolute Gasteiger partial charge is 0.397 e. The summed E-state index contributed by atoms with van der Waals surface area (Å²) in [5.41, 5.74) is 7.42. The lowest BCUT2D eigenvalue weighted by atomic mass is 10.2. The van der Waals surface area contributed by atoms with E-state index in [0.717, 1.165) is 5.56 Å². The maximum atomic E-state index is 12.2. The molecule has 0 spiro atoms. The molecule has 1 aromatic heterocycles. The molecule has 6 nitrogen and oxygen atoms in total. The van der Waals surface area contributed by atoms with Crippen molar-refractivity contribution in [3.8, 4) is 0 Å². The molecule has 1 heterocycles. The average Bonchev–Trinajstić information content (AvgIpc) is 2.83. The van der Waals surface area contributed by atoms with Crippen molar-refractivity contribution in [2.24, 2.45) is 0 Å². The number of nitrogens with zero attached hydrogens (tertiary/aromatic N) is 2. The normalized spacial score (nSPS) is 11.5. The summed E-state index contributed by atoms with van der Waals surface area (Å²) in [6.45, 7) is 4.43. The van der Waals surface area contributed by atoms with Crippen LogP contribution in [0.4, 0.5) is 11.4 Å². The molecule has 0 saturated carbocycles. The molecule has 0 aliphatic carbocycles. The van der Waals surface area contributed by atoms with Gasteiger partial charge in [-0.25, -0.2) is 4.98 Å². The van der Waals surface area contributed by atoms with Crippen LogP contribution in [-0.2, 0) is 16.6 Å². The Kier molecular flexibility index (Phi) is 3.48. The van der Waals surface area contributed by atoms with E-state index in [-0.39, 0.29) is 5.03 Å². The Labute approximate surface area is 112 Å². The standard InChI is InChI=1S/C12H16N4O2S/c1-3-16-7-12(14-8-16)19(17,18)15-11-6-9(2)4-5-10(11)13/h4-8,15H,3,13H2,1-2H3. The number of nitrogens with one attached hydrogen (secondary N) is 1. The van der Waals surface area contributed by atoms with Gasteiger partial charge in [0.1, 0.15) is 0 Å². The lowest BCUT2D eigenvalue weighted by molar-refractivity contribution is 0.598. The molecule has 0 atom stereocenters. The van der Waals surface area contributed by atoms with E-state index in [1.54, 1.807) is 16.7 Å². The van der Waals surface area contributed by atoms with Crippen molar-refractivity contribution < 1.29 is 8.42 Å². The molecule has 0 aliphatic heterocycles. The smallest absolute Gasteiger partial charge is 0.281 e. The van der Waals surface area contributed by atoms with Gasteiger partial charge >= 0.3 is 0 Å². The van der Waals surface area contributed by atoms with Gasteiger partial charge in [0, 0.05) is 12.7 Å². The van der Waals surface area contributed by atoms with Crippen molar-refractivity contribution in [3.63, 3.8) is 0 Å². The maximum absolute atomic E-state index is 12.2. The Morgan fingerprint density at radius 3 is 2.79 bits per heavy atom. The summed E-state index contributed by atoms with van der Waals surface area (Å²) in [6.07, 6.45) is 2.96. The first kappa shape index (κ1) is 13.4. The summed E-state index contributed by atoms with van der Waals surface area (Å²) < 4.78 is 28.4. The van der Waals surface area contributed by atoms with Crippen LogP contribution in [0.1, 0.15) is 12.5 Å². The predicted molar refractivity (Wildman–Crippen MR) is 74.3 cm³/mol. The molecule has 19 heavy (non-hydrogen) atoms. The van der Waals surface area contributed by atoms with Crippen molar-refractivity contribution in [2.75, 3.05) is 10.5 Å². The minimum absolute atomic E-state index is 0.0183. The molecule has 0 bridgehead atoms. The van der Waals surface area contributed by atoms with Crippen LogP contribution in [0.3, 0.4) is 0 Å². The van der Waals surface area contributed by atoms with Crippen molar-refractivity contribution >= 4 is 21.4 Å². The molecule has 2 aromatic rings. The van der Waals surface area contributed by atoms with Gasteiger partial charge in [-0.15, -0.1) is 0 Å². The monoisotopic (exact) mass is 280 g/mol. The number of sulfonamides is 1. The molecule has 2 rings (SSSR count). The van der Waals surface area contributed by atoms with Crippen molar-refractivity contribution in [2.45, 2.75) is 25.4 Å². The third-order valence-electron chi connectivity index (χ3n) is 2.70. The third-order valence-corrected chi connectivity index (χ3v) is 3.95. The summed E-state index contributed by atoms with van der Waals surface area (Å²) in [7, 11) is -3.70. The van der Waals surface area contributed by atoms with Gasteiger partial charge in [0.05, 0.1) is 17.7 Å².